The molecule has 0 bridgehead atoms. The van der Waals surface area contributed by atoms with Crippen LogP contribution in [0.5, 0.6) is 0 Å². The molecule has 1 aromatic rings. The van der Waals surface area contributed by atoms with Gasteiger partial charge in [-0.05, 0) is 20.2 Å². The van der Waals surface area contributed by atoms with Crippen molar-refractivity contribution < 1.29 is 4.74 Å². The molecule has 0 aliphatic carbocycles. The van der Waals surface area contributed by atoms with Gasteiger partial charge in [-0.3, -0.25) is 0 Å². The topological polar surface area (TPSA) is 49.4 Å². The third-order valence-electron chi connectivity index (χ3n) is 2.27. The van der Waals surface area contributed by atoms with Crippen molar-refractivity contribution >= 4 is 11.5 Å². The summed E-state index contributed by atoms with van der Waals surface area (Å²) in [4.78, 5) is 6.25. The van der Waals surface area contributed by atoms with Crippen molar-refractivity contribution in [3.63, 3.8) is 0 Å². The van der Waals surface area contributed by atoms with E-state index in [0.29, 0.717) is 6.61 Å². The highest BCUT2D eigenvalue weighted by Crippen LogP contribution is 2.10. The lowest BCUT2D eigenvalue weighted by Crippen LogP contribution is -2.20. The molecule has 0 aromatic carbocycles. The van der Waals surface area contributed by atoms with Gasteiger partial charge in [0.25, 0.3) is 0 Å². The largest absolute Gasteiger partial charge is 0.383 e. The highest BCUT2D eigenvalue weighted by Gasteiger charge is 1.95. The zero-order valence-corrected chi connectivity index (χ0v) is 10.9. The average Bonchev–Trinajstić information content (AvgIpc) is 2.33. The Kier molecular flexibility index (Phi) is 6.35. The molecule has 0 radical (unpaired) electrons. The van der Waals surface area contributed by atoms with Gasteiger partial charge in [0.1, 0.15) is 5.82 Å². The SMILES string of the molecule is CNc1cc(NCCOCCN(C)C)ccn1. The van der Waals surface area contributed by atoms with E-state index in [1.165, 1.54) is 0 Å². The van der Waals surface area contributed by atoms with Crippen LogP contribution in [0.4, 0.5) is 11.5 Å². The van der Waals surface area contributed by atoms with E-state index >= 15 is 0 Å². The summed E-state index contributed by atoms with van der Waals surface area (Å²) in [6, 6.07) is 3.92. The molecular formula is C12H22N4O. The van der Waals surface area contributed by atoms with Crippen molar-refractivity contribution in [1.29, 1.82) is 0 Å². The van der Waals surface area contributed by atoms with E-state index in [-0.39, 0.29) is 0 Å². The summed E-state index contributed by atoms with van der Waals surface area (Å²) in [6.07, 6.45) is 1.78. The van der Waals surface area contributed by atoms with Crippen LogP contribution in [0.3, 0.4) is 0 Å². The molecule has 17 heavy (non-hydrogen) atoms. The van der Waals surface area contributed by atoms with Crippen molar-refractivity contribution in [2.75, 3.05) is 58.1 Å². The number of hydrogen-bond donors (Lipinski definition) is 2. The van der Waals surface area contributed by atoms with E-state index in [2.05, 4.69) is 20.5 Å². The van der Waals surface area contributed by atoms with E-state index in [4.69, 9.17) is 4.74 Å². The number of anilines is 2. The second-order valence-corrected chi connectivity index (χ2v) is 4.02. The molecule has 0 saturated carbocycles. The molecule has 0 amide bonds. The zero-order chi connectivity index (χ0) is 12.5. The molecule has 0 spiro atoms. The Morgan fingerprint density at radius 3 is 2.88 bits per heavy atom. The molecule has 0 aliphatic rings. The van der Waals surface area contributed by atoms with Crippen molar-refractivity contribution in [3.05, 3.63) is 18.3 Å². The Morgan fingerprint density at radius 1 is 1.35 bits per heavy atom. The summed E-state index contributed by atoms with van der Waals surface area (Å²) >= 11 is 0. The predicted octanol–water partition coefficient (Wildman–Crippen LogP) is 1.11. The highest BCUT2D eigenvalue weighted by atomic mass is 16.5. The molecule has 1 aromatic heterocycles. The Hall–Kier alpha value is -1.33. The Balaban J connectivity index is 2.13. The maximum atomic E-state index is 5.49. The monoisotopic (exact) mass is 238 g/mol. The lowest BCUT2D eigenvalue weighted by Gasteiger charge is -2.11. The van der Waals surface area contributed by atoms with Gasteiger partial charge in [0.2, 0.25) is 0 Å². The van der Waals surface area contributed by atoms with Gasteiger partial charge in [0.15, 0.2) is 0 Å². The fraction of sp³-hybridized carbons (Fsp3) is 0.583. The number of aromatic nitrogens is 1. The van der Waals surface area contributed by atoms with E-state index in [1.807, 2.05) is 33.3 Å². The number of rotatable bonds is 8. The van der Waals surface area contributed by atoms with Crippen LogP contribution in [0.2, 0.25) is 0 Å². The van der Waals surface area contributed by atoms with Gasteiger partial charge in [-0.25, -0.2) is 4.98 Å². The lowest BCUT2D eigenvalue weighted by atomic mass is 10.4. The van der Waals surface area contributed by atoms with E-state index in [1.54, 1.807) is 6.20 Å². The lowest BCUT2D eigenvalue weighted by molar-refractivity contribution is 0.126. The standard InChI is InChI=1S/C12H22N4O/c1-13-12-10-11(4-5-15-12)14-6-8-17-9-7-16(2)3/h4-5,10H,6-9H2,1-3H3,(H2,13,14,15). The van der Waals surface area contributed by atoms with Crippen molar-refractivity contribution in [1.82, 2.24) is 9.88 Å². The molecular weight excluding hydrogens is 216 g/mol. The van der Waals surface area contributed by atoms with Crippen molar-refractivity contribution in [3.8, 4) is 0 Å². The number of nitrogens with zero attached hydrogens (tertiary/aromatic N) is 2. The Labute approximate surface area is 103 Å². The fourth-order valence-electron chi connectivity index (χ4n) is 1.29. The molecule has 5 nitrogen and oxygen atoms in total. The minimum Gasteiger partial charge on any atom is -0.383 e. The minimum absolute atomic E-state index is 0.713. The molecule has 0 saturated heterocycles. The zero-order valence-electron chi connectivity index (χ0n) is 10.9. The highest BCUT2D eigenvalue weighted by molar-refractivity contribution is 5.51. The smallest absolute Gasteiger partial charge is 0.127 e. The van der Waals surface area contributed by atoms with Crippen molar-refractivity contribution in [2.24, 2.45) is 0 Å². The van der Waals surface area contributed by atoms with Gasteiger partial charge in [-0.2, -0.15) is 0 Å². The first kappa shape index (κ1) is 13.7. The fourth-order valence-corrected chi connectivity index (χ4v) is 1.29. The Morgan fingerprint density at radius 2 is 2.18 bits per heavy atom. The first-order valence-corrected chi connectivity index (χ1v) is 5.82. The normalized spacial score (nSPS) is 10.6. The van der Waals surface area contributed by atoms with Crippen LogP contribution in [0.1, 0.15) is 0 Å². The van der Waals surface area contributed by atoms with Gasteiger partial charge in [0.05, 0.1) is 13.2 Å². The number of hydrogen-bond acceptors (Lipinski definition) is 5. The van der Waals surface area contributed by atoms with E-state index < -0.39 is 0 Å². The molecule has 1 heterocycles. The number of likely N-dealkylation sites (N-methyl/N-ethyl adjacent to an activating group) is 1. The van der Waals surface area contributed by atoms with Gasteiger partial charge >= 0.3 is 0 Å². The molecule has 0 unspecified atom stereocenters. The number of ether oxygens (including phenoxy) is 1. The summed E-state index contributed by atoms with van der Waals surface area (Å²) in [5, 5.41) is 6.29. The van der Waals surface area contributed by atoms with Gasteiger partial charge < -0.3 is 20.3 Å². The van der Waals surface area contributed by atoms with E-state index in [9.17, 15) is 0 Å². The summed E-state index contributed by atoms with van der Waals surface area (Å²) in [6.45, 7) is 3.25. The molecule has 5 heteroatoms. The van der Waals surface area contributed by atoms with Gasteiger partial charge in [-0.15, -0.1) is 0 Å². The quantitative estimate of drug-likeness (QED) is 0.665. The number of pyridine rings is 1. The van der Waals surface area contributed by atoms with Crippen LogP contribution in [0, 0.1) is 0 Å². The molecule has 1 rings (SSSR count). The summed E-state index contributed by atoms with van der Waals surface area (Å²) < 4.78 is 5.49. The molecule has 0 atom stereocenters. The maximum absolute atomic E-state index is 5.49. The summed E-state index contributed by atoms with van der Waals surface area (Å²) in [5.74, 6) is 0.864. The van der Waals surface area contributed by atoms with Crippen LogP contribution < -0.4 is 10.6 Å². The third-order valence-corrected chi connectivity index (χ3v) is 2.27. The summed E-state index contributed by atoms with van der Waals surface area (Å²) in [5.41, 5.74) is 1.06. The second-order valence-electron chi connectivity index (χ2n) is 4.02. The minimum atomic E-state index is 0.713. The van der Waals surface area contributed by atoms with Crippen LogP contribution in [0.25, 0.3) is 0 Å². The second kappa shape index (κ2) is 7.86. The van der Waals surface area contributed by atoms with Crippen LogP contribution >= 0.6 is 0 Å². The first-order valence-electron chi connectivity index (χ1n) is 5.82. The van der Waals surface area contributed by atoms with Crippen molar-refractivity contribution in [2.45, 2.75) is 0 Å². The molecule has 0 aliphatic heterocycles. The summed E-state index contributed by atoms with van der Waals surface area (Å²) in [7, 11) is 5.94. The van der Waals surface area contributed by atoms with Gasteiger partial charge in [-0.1, -0.05) is 0 Å². The molecule has 0 fully saturated rings. The van der Waals surface area contributed by atoms with Gasteiger partial charge in [0, 0.05) is 38.1 Å². The van der Waals surface area contributed by atoms with Crippen LogP contribution in [-0.4, -0.2) is 57.3 Å². The Bertz CT molecular complexity index is 317. The average molecular weight is 238 g/mol. The molecule has 2 N–H and O–H groups in total. The maximum Gasteiger partial charge on any atom is 0.127 e. The molecule has 96 valence electrons. The van der Waals surface area contributed by atoms with E-state index in [0.717, 1.165) is 31.2 Å². The first-order chi connectivity index (χ1) is 8.22. The predicted molar refractivity (Wildman–Crippen MR) is 71.6 cm³/mol. The van der Waals surface area contributed by atoms with Crippen LogP contribution in [-0.2, 0) is 4.74 Å². The number of nitrogens with one attached hydrogen (secondary N) is 2. The third kappa shape index (κ3) is 6.09. The van der Waals surface area contributed by atoms with Crippen LogP contribution in [0.15, 0.2) is 18.3 Å².